The minimum absolute atomic E-state index is 0.103. The van der Waals surface area contributed by atoms with Gasteiger partial charge in [-0.2, -0.15) is 0 Å². The predicted molar refractivity (Wildman–Crippen MR) is 61.4 cm³/mol. The van der Waals surface area contributed by atoms with Crippen molar-refractivity contribution >= 4 is 5.91 Å². The highest BCUT2D eigenvalue weighted by molar-refractivity contribution is 5.91. The zero-order valence-corrected chi connectivity index (χ0v) is 9.58. The molecule has 2 N–H and O–H groups in total. The summed E-state index contributed by atoms with van der Waals surface area (Å²) in [4.78, 5) is 11.8. The number of amides is 1. The van der Waals surface area contributed by atoms with E-state index in [2.05, 4.69) is 10.6 Å². The lowest BCUT2D eigenvalue weighted by atomic mass is 10.1. The van der Waals surface area contributed by atoms with E-state index >= 15 is 0 Å². The summed E-state index contributed by atoms with van der Waals surface area (Å²) in [5.74, 6) is 1.17. The van der Waals surface area contributed by atoms with Gasteiger partial charge in [0.05, 0.1) is 0 Å². The average molecular weight is 222 g/mol. The lowest BCUT2D eigenvalue weighted by Gasteiger charge is -2.23. The number of hydrogen-bond donors (Lipinski definition) is 2. The Morgan fingerprint density at radius 2 is 2.50 bits per heavy atom. The number of aryl methyl sites for hydroxylation is 1. The molecule has 1 aromatic heterocycles. The topological polar surface area (TPSA) is 54.3 Å². The standard InChI is InChI=1S/C12H18N2O2/c1-2-10-5-6-11(16-10)12(15)14-9-4-3-7-13-8-9/h5-6,9,13H,2-4,7-8H2,1H3,(H,14,15). The van der Waals surface area contributed by atoms with Crippen LogP contribution in [0.4, 0.5) is 0 Å². The van der Waals surface area contributed by atoms with Crippen molar-refractivity contribution in [1.29, 1.82) is 0 Å². The molecule has 1 amide bonds. The zero-order valence-electron chi connectivity index (χ0n) is 9.58. The first kappa shape index (κ1) is 11.2. The summed E-state index contributed by atoms with van der Waals surface area (Å²) in [7, 11) is 0. The van der Waals surface area contributed by atoms with Crippen molar-refractivity contribution in [1.82, 2.24) is 10.6 Å². The van der Waals surface area contributed by atoms with Crippen LogP contribution in [0.3, 0.4) is 0 Å². The van der Waals surface area contributed by atoms with Crippen LogP contribution in [0.5, 0.6) is 0 Å². The van der Waals surface area contributed by atoms with E-state index in [9.17, 15) is 4.79 Å². The van der Waals surface area contributed by atoms with Crippen LogP contribution in [0.15, 0.2) is 16.5 Å². The molecule has 1 fully saturated rings. The molecule has 2 rings (SSSR count). The molecule has 1 unspecified atom stereocenters. The Labute approximate surface area is 95.4 Å². The van der Waals surface area contributed by atoms with Crippen LogP contribution in [-0.4, -0.2) is 25.0 Å². The van der Waals surface area contributed by atoms with Gasteiger partial charge in [-0.25, -0.2) is 0 Å². The van der Waals surface area contributed by atoms with E-state index in [1.807, 2.05) is 13.0 Å². The van der Waals surface area contributed by atoms with Gasteiger partial charge in [-0.3, -0.25) is 4.79 Å². The molecule has 1 atom stereocenters. The molecule has 4 nitrogen and oxygen atoms in total. The maximum Gasteiger partial charge on any atom is 0.287 e. The van der Waals surface area contributed by atoms with E-state index in [1.54, 1.807) is 6.07 Å². The van der Waals surface area contributed by atoms with E-state index < -0.39 is 0 Å². The molecule has 2 heterocycles. The molecule has 0 spiro atoms. The zero-order chi connectivity index (χ0) is 11.4. The van der Waals surface area contributed by atoms with Crippen LogP contribution in [-0.2, 0) is 6.42 Å². The van der Waals surface area contributed by atoms with Crippen LogP contribution in [0, 0.1) is 0 Å². The summed E-state index contributed by atoms with van der Waals surface area (Å²) in [5, 5.41) is 6.24. The molecule has 1 aliphatic rings. The fourth-order valence-electron chi connectivity index (χ4n) is 1.92. The maximum absolute atomic E-state index is 11.8. The third-order valence-corrected chi connectivity index (χ3v) is 2.87. The number of piperidine rings is 1. The fourth-order valence-corrected chi connectivity index (χ4v) is 1.92. The molecule has 1 aromatic rings. The highest BCUT2D eigenvalue weighted by Gasteiger charge is 2.18. The number of carbonyl (C=O) groups is 1. The first-order valence-corrected chi connectivity index (χ1v) is 5.90. The van der Waals surface area contributed by atoms with Crippen molar-refractivity contribution in [3.8, 4) is 0 Å². The van der Waals surface area contributed by atoms with E-state index in [4.69, 9.17) is 4.42 Å². The predicted octanol–water partition coefficient (Wildman–Crippen LogP) is 1.32. The number of rotatable bonds is 3. The summed E-state index contributed by atoms with van der Waals surface area (Å²) >= 11 is 0. The molecule has 0 aromatic carbocycles. The Hall–Kier alpha value is -1.29. The van der Waals surface area contributed by atoms with Gasteiger partial charge in [0, 0.05) is 19.0 Å². The number of hydrogen-bond acceptors (Lipinski definition) is 3. The minimum Gasteiger partial charge on any atom is -0.456 e. The second-order valence-corrected chi connectivity index (χ2v) is 4.14. The Morgan fingerprint density at radius 3 is 3.12 bits per heavy atom. The van der Waals surface area contributed by atoms with Crippen molar-refractivity contribution < 1.29 is 9.21 Å². The number of carbonyl (C=O) groups excluding carboxylic acids is 1. The van der Waals surface area contributed by atoms with Crippen molar-refractivity contribution in [2.75, 3.05) is 13.1 Å². The molecule has 16 heavy (non-hydrogen) atoms. The molecule has 4 heteroatoms. The van der Waals surface area contributed by atoms with Gasteiger partial charge < -0.3 is 15.1 Å². The van der Waals surface area contributed by atoms with Gasteiger partial charge in [-0.05, 0) is 31.5 Å². The van der Waals surface area contributed by atoms with E-state index in [1.165, 1.54) is 0 Å². The average Bonchev–Trinajstić information content (AvgIpc) is 2.79. The molecular formula is C12H18N2O2. The van der Waals surface area contributed by atoms with Crippen molar-refractivity contribution in [3.63, 3.8) is 0 Å². The van der Waals surface area contributed by atoms with Gasteiger partial charge in [0.1, 0.15) is 5.76 Å². The first-order chi connectivity index (χ1) is 7.79. The third kappa shape index (κ3) is 2.64. The van der Waals surface area contributed by atoms with Crippen molar-refractivity contribution in [2.24, 2.45) is 0 Å². The van der Waals surface area contributed by atoms with Crippen LogP contribution >= 0.6 is 0 Å². The minimum atomic E-state index is -0.103. The number of furan rings is 1. The summed E-state index contributed by atoms with van der Waals surface area (Å²) in [5.41, 5.74) is 0. The normalized spacial score (nSPS) is 20.7. The lowest BCUT2D eigenvalue weighted by molar-refractivity contribution is 0.0901. The third-order valence-electron chi connectivity index (χ3n) is 2.87. The van der Waals surface area contributed by atoms with Crippen LogP contribution in [0.2, 0.25) is 0 Å². The fraction of sp³-hybridized carbons (Fsp3) is 0.583. The lowest BCUT2D eigenvalue weighted by Crippen LogP contribution is -2.45. The van der Waals surface area contributed by atoms with Crippen LogP contribution < -0.4 is 10.6 Å². The molecule has 88 valence electrons. The Morgan fingerprint density at radius 1 is 1.62 bits per heavy atom. The first-order valence-electron chi connectivity index (χ1n) is 5.90. The van der Waals surface area contributed by atoms with Crippen LogP contribution in [0.1, 0.15) is 36.1 Å². The highest BCUT2D eigenvalue weighted by Crippen LogP contribution is 2.09. The largest absolute Gasteiger partial charge is 0.456 e. The number of nitrogens with one attached hydrogen (secondary N) is 2. The molecule has 0 aliphatic carbocycles. The maximum atomic E-state index is 11.8. The van der Waals surface area contributed by atoms with E-state index in [0.717, 1.165) is 38.1 Å². The highest BCUT2D eigenvalue weighted by atomic mass is 16.3. The molecule has 0 saturated carbocycles. The molecule has 0 radical (unpaired) electrons. The summed E-state index contributed by atoms with van der Waals surface area (Å²) in [6.45, 7) is 3.91. The van der Waals surface area contributed by atoms with Crippen LogP contribution in [0.25, 0.3) is 0 Å². The molecule has 1 saturated heterocycles. The second kappa shape index (κ2) is 5.16. The van der Waals surface area contributed by atoms with E-state index in [-0.39, 0.29) is 11.9 Å². The smallest absolute Gasteiger partial charge is 0.287 e. The van der Waals surface area contributed by atoms with Crippen molar-refractivity contribution in [3.05, 3.63) is 23.7 Å². The molecule has 1 aliphatic heterocycles. The van der Waals surface area contributed by atoms with Crippen molar-refractivity contribution in [2.45, 2.75) is 32.2 Å². The van der Waals surface area contributed by atoms with E-state index in [0.29, 0.717) is 5.76 Å². The van der Waals surface area contributed by atoms with Gasteiger partial charge in [-0.1, -0.05) is 6.92 Å². The van der Waals surface area contributed by atoms with Gasteiger partial charge in [0.25, 0.3) is 5.91 Å². The van der Waals surface area contributed by atoms with Gasteiger partial charge in [0.15, 0.2) is 5.76 Å². The monoisotopic (exact) mass is 222 g/mol. The summed E-state index contributed by atoms with van der Waals surface area (Å²) in [6, 6.07) is 3.83. The Kier molecular flexibility index (Phi) is 3.62. The Balaban J connectivity index is 1.91. The Bertz CT molecular complexity index is 354. The molecular weight excluding hydrogens is 204 g/mol. The SMILES string of the molecule is CCc1ccc(C(=O)NC2CCCNC2)o1. The summed E-state index contributed by atoms with van der Waals surface area (Å²) < 4.78 is 5.40. The second-order valence-electron chi connectivity index (χ2n) is 4.14. The molecule has 0 bridgehead atoms. The van der Waals surface area contributed by atoms with Gasteiger partial charge >= 0.3 is 0 Å². The van der Waals surface area contributed by atoms with Gasteiger partial charge in [-0.15, -0.1) is 0 Å². The van der Waals surface area contributed by atoms with Gasteiger partial charge in [0.2, 0.25) is 0 Å². The summed E-state index contributed by atoms with van der Waals surface area (Å²) in [6.07, 6.45) is 2.97. The quantitative estimate of drug-likeness (QED) is 0.811.